The van der Waals surface area contributed by atoms with E-state index in [0.29, 0.717) is 24.3 Å². The molecule has 0 unspecified atom stereocenters. The summed E-state index contributed by atoms with van der Waals surface area (Å²) >= 11 is 0. The van der Waals surface area contributed by atoms with Crippen LogP contribution >= 0.6 is 0 Å². The lowest BCUT2D eigenvalue weighted by Gasteiger charge is -2.46. The predicted molar refractivity (Wildman–Crippen MR) is 103 cm³/mol. The summed E-state index contributed by atoms with van der Waals surface area (Å²) in [6, 6.07) is 11.8. The van der Waals surface area contributed by atoms with Gasteiger partial charge in [0.2, 0.25) is 0 Å². The second-order valence-electron chi connectivity index (χ2n) is 7.78. The number of hydrogen-bond donors (Lipinski definition) is 2. The molecule has 4 rings (SSSR count). The summed E-state index contributed by atoms with van der Waals surface area (Å²) in [5, 5.41) is 21.0. The van der Waals surface area contributed by atoms with Gasteiger partial charge in [-0.1, -0.05) is 12.1 Å². The Morgan fingerprint density at radius 3 is 2.61 bits per heavy atom. The van der Waals surface area contributed by atoms with Gasteiger partial charge in [-0.3, -0.25) is 0 Å². The third-order valence-electron chi connectivity index (χ3n) is 5.92. The molecule has 2 aromatic rings. The Hall–Kier alpha value is -2.15. The number of ether oxygens (including phenoxy) is 2. The normalized spacial score (nSPS) is 22.4. The first-order valence-corrected chi connectivity index (χ1v) is 9.69. The van der Waals surface area contributed by atoms with Crippen molar-refractivity contribution in [3.8, 4) is 11.5 Å². The molecule has 0 aromatic heterocycles. The smallest absolute Gasteiger partial charge is 0.126 e. The summed E-state index contributed by atoms with van der Waals surface area (Å²) < 4.78 is 24.8. The molecule has 0 amide bonds. The quantitative estimate of drug-likeness (QED) is 0.844. The summed E-state index contributed by atoms with van der Waals surface area (Å²) in [5.74, 6) is 0.982. The molecule has 0 radical (unpaired) electrons. The first-order chi connectivity index (χ1) is 13.5. The summed E-state index contributed by atoms with van der Waals surface area (Å²) in [6.07, 6.45) is 0.711. The predicted octanol–water partition coefficient (Wildman–Crippen LogP) is 3.22. The minimum absolute atomic E-state index is 0.361. The van der Waals surface area contributed by atoms with Crippen LogP contribution in [-0.2, 0) is 0 Å². The number of hydrogen-bond acceptors (Lipinski definition) is 5. The number of piperidine rings is 1. The van der Waals surface area contributed by atoms with Gasteiger partial charge >= 0.3 is 0 Å². The first kappa shape index (κ1) is 19.2. The Kier molecular flexibility index (Phi) is 5.27. The lowest BCUT2D eigenvalue weighted by molar-refractivity contribution is -0.0589. The molecule has 2 aliphatic rings. The van der Waals surface area contributed by atoms with Crippen molar-refractivity contribution < 1.29 is 24.1 Å². The maximum atomic E-state index is 13.5. The third kappa shape index (κ3) is 3.85. The van der Waals surface area contributed by atoms with Gasteiger partial charge in [-0.05, 0) is 48.7 Å². The van der Waals surface area contributed by atoms with E-state index in [2.05, 4.69) is 4.90 Å². The lowest BCUT2D eigenvalue weighted by atomic mass is 9.81. The van der Waals surface area contributed by atoms with Crippen molar-refractivity contribution in [2.24, 2.45) is 0 Å². The maximum absolute atomic E-state index is 13.5. The number of aliphatic hydroxyl groups is 2. The highest BCUT2D eigenvalue weighted by atomic mass is 19.1. The van der Waals surface area contributed by atoms with Crippen LogP contribution in [-0.4, -0.2) is 47.5 Å². The van der Waals surface area contributed by atoms with Crippen LogP contribution in [0.3, 0.4) is 0 Å². The van der Waals surface area contributed by atoms with Crippen LogP contribution in [0.2, 0.25) is 0 Å². The van der Waals surface area contributed by atoms with E-state index >= 15 is 0 Å². The van der Waals surface area contributed by atoms with E-state index in [4.69, 9.17) is 9.47 Å². The van der Waals surface area contributed by atoms with Crippen molar-refractivity contribution >= 4 is 0 Å². The fraction of sp³-hybridized carbons (Fsp3) is 0.455. The van der Waals surface area contributed by atoms with E-state index in [1.807, 2.05) is 24.3 Å². The van der Waals surface area contributed by atoms with Crippen molar-refractivity contribution in [1.82, 2.24) is 4.90 Å². The average molecular weight is 387 g/mol. The van der Waals surface area contributed by atoms with Crippen LogP contribution in [0.5, 0.6) is 11.5 Å². The second-order valence-corrected chi connectivity index (χ2v) is 7.78. The molecule has 2 atom stereocenters. The van der Waals surface area contributed by atoms with E-state index < -0.39 is 17.8 Å². The molecule has 150 valence electrons. The number of methoxy groups -OCH3 is 1. The number of halogens is 1. The standard InChI is InChI=1S/C22H26FNO4/c1-27-17-5-2-15(3-6-17)20(26)14-24-10-8-22(9-11-24)13-19(25)18-12-16(23)4-7-21(18)28-22/h2-7,12,19-20,25-26H,8-11,13-14H2,1H3/t19-,20-/m1/s1. The SMILES string of the molecule is COc1ccc([C@H](O)CN2CCC3(CC2)C[C@@H](O)c2cc(F)ccc2O3)cc1. The van der Waals surface area contributed by atoms with Crippen LogP contribution < -0.4 is 9.47 Å². The van der Waals surface area contributed by atoms with Gasteiger partial charge in [-0.15, -0.1) is 0 Å². The zero-order valence-corrected chi connectivity index (χ0v) is 16.0. The highest BCUT2D eigenvalue weighted by Gasteiger charge is 2.43. The van der Waals surface area contributed by atoms with Crippen LogP contribution in [0.1, 0.15) is 42.6 Å². The van der Waals surface area contributed by atoms with Crippen LogP contribution in [0, 0.1) is 5.82 Å². The summed E-state index contributed by atoms with van der Waals surface area (Å²) in [6.45, 7) is 2.10. The Bertz CT molecular complexity index is 818. The number of nitrogens with zero attached hydrogens (tertiary/aromatic N) is 1. The molecule has 6 heteroatoms. The van der Waals surface area contributed by atoms with Gasteiger partial charge < -0.3 is 24.6 Å². The number of benzene rings is 2. The van der Waals surface area contributed by atoms with Crippen LogP contribution in [0.4, 0.5) is 4.39 Å². The third-order valence-corrected chi connectivity index (χ3v) is 5.92. The number of fused-ring (bicyclic) bond motifs is 1. The summed E-state index contributed by atoms with van der Waals surface area (Å²) in [5.41, 5.74) is 0.968. The van der Waals surface area contributed by atoms with Crippen LogP contribution in [0.25, 0.3) is 0 Å². The minimum Gasteiger partial charge on any atom is -0.497 e. The number of likely N-dealkylation sites (tertiary alicyclic amines) is 1. The molecule has 1 spiro atoms. The Balaban J connectivity index is 1.37. The van der Waals surface area contributed by atoms with Gasteiger partial charge in [0.25, 0.3) is 0 Å². The molecular formula is C22H26FNO4. The molecule has 2 N–H and O–H groups in total. The molecule has 2 heterocycles. The van der Waals surface area contributed by atoms with E-state index in [-0.39, 0.29) is 5.82 Å². The van der Waals surface area contributed by atoms with E-state index in [0.717, 1.165) is 37.2 Å². The molecule has 0 bridgehead atoms. The summed E-state index contributed by atoms with van der Waals surface area (Å²) in [4.78, 5) is 2.22. The van der Waals surface area contributed by atoms with Crippen molar-refractivity contribution in [3.63, 3.8) is 0 Å². The second kappa shape index (κ2) is 7.70. The topological polar surface area (TPSA) is 62.2 Å². The zero-order valence-electron chi connectivity index (χ0n) is 16.0. The monoisotopic (exact) mass is 387 g/mol. The van der Waals surface area contributed by atoms with Crippen molar-refractivity contribution in [3.05, 3.63) is 59.4 Å². The molecule has 0 aliphatic carbocycles. The van der Waals surface area contributed by atoms with Crippen LogP contribution in [0.15, 0.2) is 42.5 Å². The Morgan fingerprint density at radius 1 is 1.21 bits per heavy atom. The van der Waals surface area contributed by atoms with Crippen molar-refractivity contribution in [2.45, 2.75) is 37.1 Å². The number of aliphatic hydroxyl groups excluding tert-OH is 2. The molecule has 1 saturated heterocycles. The van der Waals surface area contributed by atoms with Gasteiger partial charge in [0.05, 0.1) is 19.3 Å². The largest absolute Gasteiger partial charge is 0.497 e. The van der Waals surface area contributed by atoms with Crippen molar-refractivity contribution in [1.29, 1.82) is 0 Å². The molecular weight excluding hydrogens is 361 g/mol. The lowest BCUT2D eigenvalue weighted by Crippen LogP contribution is -2.51. The minimum atomic E-state index is -0.712. The molecule has 1 fully saturated rings. The highest BCUT2D eigenvalue weighted by Crippen LogP contribution is 2.44. The fourth-order valence-corrected chi connectivity index (χ4v) is 4.24. The summed E-state index contributed by atoms with van der Waals surface area (Å²) in [7, 11) is 1.62. The van der Waals surface area contributed by atoms with Gasteiger partial charge in [-0.2, -0.15) is 0 Å². The number of β-amino-alcohol motifs (C(OH)–C–C–N with tert-alkyl or cyclic N) is 1. The van der Waals surface area contributed by atoms with E-state index in [9.17, 15) is 14.6 Å². The van der Waals surface area contributed by atoms with Gasteiger partial charge in [0.1, 0.15) is 22.9 Å². The zero-order chi connectivity index (χ0) is 19.7. The van der Waals surface area contributed by atoms with E-state index in [1.54, 1.807) is 13.2 Å². The van der Waals surface area contributed by atoms with E-state index in [1.165, 1.54) is 12.1 Å². The fourth-order valence-electron chi connectivity index (χ4n) is 4.24. The molecule has 0 saturated carbocycles. The first-order valence-electron chi connectivity index (χ1n) is 9.69. The van der Waals surface area contributed by atoms with Gasteiger partial charge in [-0.25, -0.2) is 4.39 Å². The average Bonchev–Trinajstić information content (AvgIpc) is 2.71. The number of rotatable bonds is 4. The molecule has 28 heavy (non-hydrogen) atoms. The van der Waals surface area contributed by atoms with Gasteiger partial charge in [0, 0.05) is 31.6 Å². The Morgan fingerprint density at radius 2 is 1.93 bits per heavy atom. The highest BCUT2D eigenvalue weighted by molar-refractivity contribution is 5.38. The van der Waals surface area contributed by atoms with Crippen molar-refractivity contribution in [2.75, 3.05) is 26.7 Å². The Labute approximate surface area is 164 Å². The molecule has 2 aromatic carbocycles. The van der Waals surface area contributed by atoms with Gasteiger partial charge in [0.15, 0.2) is 0 Å². The maximum Gasteiger partial charge on any atom is 0.126 e. The molecule has 2 aliphatic heterocycles. The molecule has 5 nitrogen and oxygen atoms in total.